The van der Waals surface area contributed by atoms with Crippen molar-refractivity contribution in [3.8, 4) is 11.5 Å². The summed E-state index contributed by atoms with van der Waals surface area (Å²) in [7, 11) is 1.71. The average Bonchev–Trinajstić information content (AvgIpc) is 2.79. The molecule has 2 aromatic carbocycles. The summed E-state index contributed by atoms with van der Waals surface area (Å²) in [6, 6.07) is 16.7. The number of benzene rings is 2. The number of para-hydroxylation sites is 1. The summed E-state index contributed by atoms with van der Waals surface area (Å²) in [6.45, 7) is 7.31. The van der Waals surface area contributed by atoms with Crippen molar-refractivity contribution >= 4 is 0 Å². The van der Waals surface area contributed by atoms with E-state index in [9.17, 15) is 0 Å². The van der Waals surface area contributed by atoms with Crippen molar-refractivity contribution in [1.82, 2.24) is 9.80 Å². The molecule has 30 heavy (non-hydrogen) atoms. The van der Waals surface area contributed by atoms with Gasteiger partial charge < -0.3 is 19.5 Å². The van der Waals surface area contributed by atoms with E-state index in [4.69, 9.17) is 14.6 Å². The van der Waals surface area contributed by atoms with Gasteiger partial charge in [0.15, 0.2) is 0 Å². The van der Waals surface area contributed by atoms with Gasteiger partial charge in [0.2, 0.25) is 0 Å². The summed E-state index contributed by atoms with van der Waals surface area (Å²) in [6.07, 6.45) is 4.16. The van der Waals surface area contributed by atoms with E-state index in [1.807, 2.05) is 12.1 Å². The quantitative estimate of drug-likeness (QED) is 0.542. The molecule has 0 bridgehead atoms. The van der Waals surface area contributed by atoms with Crippen LogP contribution in [0.1, 0.15) is 24.0 Å². The van der Waals surface area contributed by atoms with Gasteiger partial charge in [0.25, 0.3) is 0 Å². The minimum Gasteiger partial charge on any atom is -0.497 e. The van der Waals surface area contributed by atoms with Gasteiger partial charge in [-0.1, -0.05) is 30.3 Å². The van der Waals surface area contributed by atoms with E-state index < -0.39 is 0 Å². The number of hydrogen-bond acceptors (Lipinski definition) is 5. The zero-order chi connectivity index (χ0) is 21.0. The number of β-amino-alcohol motifs (C(OH)–C–C–N with tert-alkyl or cyclic N) is 1. The first kappa shape index (κ1) is 22.6. The van der Waals surface area contributed by atoms with Crippen LogP contribution >= 0.6 is 0 Å². The Bertz CT molecular complexity index is 745. The molecule has 0 spiro atoms. The predicted molar refractivity (Wildman–Crippen MR) is 122 cm³/mol. The van der Waals surface area contributed by atoms with Crippen molar-refractivity contribution in [3.63, 3.8) is 0 Å². The Hall–Kier alpha value is -2.08. The third-order valence-corrected chi connectivity index (χ3v) is 5.80. The maximum absolute atomic E-state index is 9.04. The molecule has 1 aliphatic heterocycles. The third kappa shape index (κ3) is 7.31. The fourth-order valence-electron chi connectivity index (χ4n) is 3.96. The molecule has 0 aromatic heterocycles. The fourth-order valence-corrected chi connectivity index (χ4v) is 3.96. The van der Waals surface area contributed by atoms with Crippen LogP contribution in [0.15, 0.2) is 48.5 Å². The number of aliphatic hydroxyl groups is 1. The van der Waals surface area contributed by atoms with Gasteiger partial charge >= 0.3 is 0 Å². The lowest BCUT2D eigenvalue weighted by atomic mass is 10.0. The van der Waals surface area contributed by atoms with Crippen molar-refractivity contribution < 1.29 is 14.6 Å². The predicted octanol–water partition coefficient (Wildman–Crippen LogP) is 3.25. The second-order valence-corrected chi connectivity index (χ2v) is 7.92. The SMILES string of the molecule is COc1cccc(CCc2ccccc2OCCCCN2CCN(CCO)CC2)c1. The van der Waals surface area contributed by atoms with Gasteiger partial charge in [0, 0.05) is 32.7 Å². The van der Waals surface area contributed by atoms with E-state index in [0.29, 0.717) is 0 Å². The zero-order valence-electron chi connectivity index (χ0n) is 18.3. The zero-order valence-corrected chi connectivity index (χ0v) is 18.3. The highest BCUT2D eigenvalue weighted by atomic mass is 16.5. The summed E-state index contributed by atoms with van der Waals surface area (Å²) in [5.74, 6) is 1.92. The summed E-state index contributed by atoms with van der Waals surface area (Å²) in [5.41, 5.74) is 2.54. The molecule has 0 unspecified atom stereocenters. The third-order valence-electron chi connectivity index (χ3n) is 5.80. The number of unbranched alkanes of at least 4 members (excludes halogenated alkanes) is 1. The maximum atomic E-state index is 9.04. The molecule has 1 saturated heterocycles. The molecule has 5 nitrogen and oxygen atoms in total. The second kappa shape index (κ2) is 12.6. The largest absolute Gasteiger partial charge is 0.497 e. The van der Waals surface area contributed by atoms with E-state index in [-0.39, 0.29) is 6.61 Å². The van der Waals surface area contributed by atoms with Crippen LogP contribution < -0.4 is 9.47 Å². The standard InChI is InChI=1S/C25H36N2O3/c1-29-24-9-6-7-22(21-24)11-12-23-8-2-3-10-25(23)30-20-5-4-13-26-14-16-27(17-15-26)18-19-28/h2-3,6-10,21,28H,4-5,11-20H2,1H3. The van der Waals surface area contributed by atoms with Gasteiger partial charge in [-0.25, -0.2) is 0 Å². The van der Waals surface area contributed by atoms with Gasteiger partial charge in [0.1, 0.15) is 11.5 Å². The van der Waals surface area contributed by atoms with Crippen LogP contribution in [0.4, 0.5) is 0 Å². The van der Waals surface area contributed by atoms with Crippen molar-refractivity contribution in [2.24, 2.45) is 0 Å². The highest BCUT2D eigenvalue weighted by Crippen LogP contribution is 2.21. The number of aryl methyl sites for hydroxylation is 2. The van der Waals surface area contributed by atoms with Crippen LogP contribution in [0.25, 0.3) is 0 Å². The second-order valence-electron chi connectivity index (χ2n) is 7.92. The van der Waals surface area contributed by atoms with Crippen LogP contribution in [-0.2, 0) is 12.8 Å². The minimum atomic E-state index is 0.262. The fraction of sp³-hybridized carbons (Fsp3) is 0.520. The summed E-state index contributed by atoms with van der Waals surface area (Å²) in [4.78, 5) is 4.86. The average molecular weight is 413 g/mol. The van der Waals surface area contributed by atoms with E-state index >= 15 is 0 Å². The Labute approximate surface area is 181 Å². The molecule has 0 atom stereocenters. The van der Waals surface area contributed by atoms with E-state index in [0.717, 1.165) is 83.1 Å². The van der Waals surface area contributed by atoms with Crippen LogP contribution in [0, 0.1) is 0 Å². The number of piperazine rings is 1. The molecule has 1 N–H and O–H groups in total. The lowest BCUT2D eigenvalue weighted by Gasteiger charge is -2.34. The number of methoxy groups -OCH3 is 1. The molecule has 164 valence electrons. The van der Waals surface area contributed by atoms with Gasteiger partial charge in [-0.3, -0.25) is 4.90 Å². The summed E-state index contributed by atoms with van der Waals surface area (Å²) in [5, 5.41) is 9.04. The normalized spacial score (nSPS) is 15.3. The van der Waals surface area contributed by atoms with E-state index in [2.05, 4.69) is 46.2 Å². The Balaban J connectivity index is 1.37. The lowest BCUT2D eigenvalue weighted by molar-refractivity contribution is 0.110. The Morgan fingerprint density at radius 3 is 2.40 bits per heavy atom. The summed E-state index contributed by atoms with van der Waals surface area (Å²) < 4.78 is 11.5. The molecule has 0 saturated carbocycles. The molecular formula is C25H36N2O3. The summed E-state index contributed by atoms with van der Waals surface area (Å²) >= 11 is 0. The highest BCUT2D eigenvalue weighted by Gasteiger charge is 2.15. The lowest BCUT2D eigenvalue weighted by Crippen LogP contribution is -2.47. The number of hydrogen-bond donors (Lipinski definition) is 1. The Morgan fingerprint density at radius 1 is 0.867 bits per heavy atom. The molecule has 1 aliphatic rings. The molecule has 5 heteroatoms. The molecule has 0 aliphatic carbocycles. The first-order valence-electron chi connectivity index (χ1n) is 11.2. The molecule has 3 rings (SSSR count). The van der Waals surface area contributed by atoms with Crippen LogP contribution in [-0.4, -0.2) is 74.5 Å². The Kier molecular flexibility index (Phi) is 9.48. The topological polar surface area (TPSA) is 45.2 Å². The van der Waals surface area contributed by atoms with E-state index in [1.54, 1.807) is 7.11 Å². The Morgan fingerprint density at radius 2 is 1.63 bits per heavy atom. The van der Waals surface area contributed by atoms with Gasteiger partial charge in [-0.05, 0) is 61.6 Å². The van der Waals surface area contributed by atoms with Crippen LogP contribution in [0.2, 0.25) is 0 Å². The first-order valence-corrected chi connectivity index (χ1v) is 11.2. The number of aliphatic hydroxyl groups excluding tert-OH is 1. The smallest absolute Gasteiger partial charge is 0.122 e. The van der Waals surface area contributed by atoms with Gasteiger partial charge in [-0.2, -0.15) is 0 Å². The number of ether oxygens (including phenoxy) is 2. The van der Waals surface area contributed by atoms with Crippen LogP contribution in [0.3, 0.4) is 0 Å². The molecule has 2 aromatic rings. The molecule has 1 heterocycles. The number of rotatable bonds is 12. The molecule has 0 radical (unpaired) electrons. The van der Waals surface area contributed by atoms with Crippen molar-refractivity contribution in [2.75, 3.05) is 59.6 Å². The molecular weight excluding hydrogens is 376 g/mol. The highest BCUT2D eigenvalue weighted by molar-refractivity contribution is 5.35. The minimum absolute atomic E-state index is 0.262. The van der Waals surface area contributed by atoms with Gasteiger partial charge in [0.05, 0.1) is 20.3 Å². The van der Waals surface area contributed by atoms with Gasteiger partial charge in [-0.15, -0.1) is 0 Å². The van der Waals surface area contributed by atoms with Crippen molar-refractivity contribution in [1.29, 1.82) is 0 Å². The van der Waals surface area contributed by atoms with Crippen molar-refractivity contribution in [2.45, 2.75) is 25.7 Å². The maximum Gasteiger partial charge on any atom is 0.122 e. The van der Waals surface area contributed by atoms with Crippen LogP contribution in [0.5, 0.6) is 11.5 Å². The first-order chi connectivity index (χ1) is 14.8. The molecule has 0 amide bonds. The monoisotopic (exact) mass is 412 g/mol. The number of nitrogens with zero attached hydrogens (tertiary/aromatic N) is 2. The van der Waals surface area contributed by atoms with E-state index in [1.165, 1.54) is 11.1 Å². The van der Waals surface area contributed by atoms with Crippen molar-refractivity contribution in [3.05, 3.63) is 59.7 Å². The molecule has 1 fully saturated rings.